The summed E-state index contributed by atoms with van der Waals surface area (Å²) in [7, 11) is 5.24. The van der Waals surface area contributed by atoms with Crippen molar-refractivity contribution in [1.29, 1.82) is 0 Å². The maximum Gasteiger partial charge on any atom is 0.410 e. The first-order chi connectivity index (χ1) is 14.6. The van der Waals surface area contributed by atoms with Crippen LogP contribution in [0.15, 0.2) is 29.3 Å². The van der Waals surface area contributed by atoms with Gasteiger partial charge in [-0.1, -0.05) is 12.1 Å². The highest BCUT2D eigenvalue weighted by molar-refractivity contribution is 14.0. The molecule has 1 atom stereocenters. The average Bonchev–Trinajstić information content (AvgIpc) is 2.71. The molecule has 0 radical (unpaired) electrons. The summed E-state index contributed by atoms with van der Waals surface area (Å²) in [6, 6.07) is 7.81. The fourth-order valence-corrected chi connectivity index (χ4v) is 3.42. The number of nitrogens with zero attached hydrogens (tertiary/aromatic N) is 3. The lowest BCUT2D eigenvalue weighted by atomic mass is 10.1. The fourth-order valence-electron chi connectivity index (χ4n) is 3.42. The quantitative estimate of drug-likeness (QED) is 0.329. The molecular weight excluding hydrogens is 521 g/mol. The molecule has 32 heavy (non-hydrogen) atoms. The third kappa shape index (κ3) is 9.22. The van der Waals surface area contributed by atoms with Gasteiger partial charge in [0.2, 0.25) is 0 Å². The van der Waals surface area contributed by atoms with E-state index in [0.717, 1.165) is 24.8 Å². The number of benzene rings is 1. The first-order valence-electron chi connectivity index (χ1n) is 10.8. The van der Waals surface area contributed by atoms with Gasteiger partial charge in [0.15, 0.2) is 5.96 Å². The van der Waals surface area contributed by atoms with Crippen LogP contribution in [0.2, 0.25) is 0 Å². The molecule has 0 aromatic heterocycles. The Morgan fingerprint density at radius 2 is 2.00 bits per heavy atom. The third-order valence-electron chi connectivity index (χ3n) is 4.92. The third-order valence-corrected chi connectivity index (χ3v) is 4.92. The zero-order valence-corrected chi connectivity index (χ0v) is 22.4. The van der Waals surface area contributed by atoms with Gasteiger partial charge >= 0.3 is 6.09 Å². The van der Waals surface area contributed by atoms with Gasteiger partial charge in [-0.05, 0) is 57.7 Å². The number of hydrogen-bond acceptors (Lipinski definition) is 4. The van der Waals surface area contributed by atoms with Gasteiger partial charge < -0.3 is 25.2 Å². The SMILES string of the molecule is CN=C(NCCc1cccc(C(=O)N(C)C)c1)NC1CCCN(C(=O)OC(C)(C)C)C1.I. The minimum atomic E-state index is -0.497. The number of carbonyl (C=O) groups is 2. The number of rotatable bonds is 5. The number of carbonyl (C=O) groups excluding carboxylic acids is 2. The normalized spacial score (nSPS) is 16.6. The standard InChI is InChI=1S/C23H37N5O3.HI/c1-23(2,3)31-22(30)28-14-8-11-19(16-28)26-21(24-4)25-13-12-17-9-7-10-18(15-17)20(29)27(5)6;/h7,9-10,15,19H,8,11-14,16H2,1-6H3,(H2,24,25,26);1H. The van der Waals surface area contributed by atoms with Gasteiger partial charge in [0, 0.05) is 52.4 Å². The summed E-state index contributed by atoms with van der Waals surface area (Å²) in [4.78, 5) is 32.2. The Bertz CT molecular complexity index is 792. The highest BCUT2D eigenvalue weighted by Gasteiger charge is 2.28. The van der Waals surface area contributed by atoms with Crippen LogP contribution in [0.5, 0.6) is 0 Å². The minimum Gasteiger partial charge on any atom is -0.444 e. The van der Waals surface area contributed by atoms with Gasteiger partial charge in [-0.2, -0.15) is 0 Å². The maximum absolute atomic E-state index is 12.4. The Morgan fingerprint density at radius 3 is 2.62 bits per heavy atom. The Hall–Kier alpha value is -2.04. The number of nitrogens with one attached hydrogen (secondary N) is 2. The molecular formula is C23H38IN5O3. The Balaban J connectivity index is 0.00000512. The highest BCUT2D eigenvalue weighted by Crippen LogP contribution is 2.15. The lowest BCUT2D eigenvalue weighted by molar-refractivity contribution is 0.0193. The van der Waals surface area contributed by atoms with Crippen molar-refractivity contribution < 1.29 is 14.3 Å². The van der Waals surface area contributed by atoms with Crippen molar-refractivity contribution >= 4 is 41.9 Å². The second-order valence-corrected chi connectivity index (χ2v) is 9.06. The summed E-state index contributed by atoms with van der Waals surface area (Å²) in [5, 5.41) is 6.74. The molecule has 1 aromatic carbocycles. The second-order valence-electron chi connectivity index (χ2n) is 9.06. The topological polar surface area (TPSA) is 86.3 Å². The van der Waals surface area contributed by atoms with Crippen molar-refractivity contribution in [2.45, 2.75) is 51.7 Å². The molecule has 1 aliphatic heterocycles. The smallest absolute Gasteiger partial charge is 0.410 e. The highest BCUT2D eigenvalue weighted by atomic mass is 127. The van der Waals surface area contributed by atoms with Crippen LogP contribution in [0, 0.1) is 0 Å². The van der Waals surface area contributed by atoms with Gasteiger partial charge in [0.25, 0.3) is 5.91 Å². The minimum absolute atomic E-state index is 0. The largest absolute Gasteiger partial charge is 0.444 e. The molecule has 2 rings (SSSR count). The number of hydrogen-bond donors (Lipinski definition) is 2. The summed E-state index contributed by atoms with van der Waals surface area (Å²) in [6.07, 6.45) is 2.38. The Labute approximate surface area is 209 Å². The van der Waals surface area contributed by atoms with E-state index >= 15 is 0 Å². The van der Waals surface area contributed by atoms with E-state index in [9.17, 15) is 9.59 Å². The van der Waals surface area contributed by atoms with Gasteiger partial charge in [0.1, 0.15) is 5.60 Å². The predicted molar refractivity (Wildman–Crippen MR) is 139 cm³/mol. The molecule has 1 aromatic rings. The summed E-state index contributed by atoms with van der Waals surface area (Å²) < 4.78 is 5.50. The van der Waals surface area contributed by atoms with Crippen LogP contribution in [-0.2, 0) is 11.2 Å². The molecule has 2 N–H and O–H groups in total. The zero-order valence-electron chi connectivity index (χ0n) is 20.1. The number of amides is 2. The Kier molecular flexibility index (Phi) is 11.2. The van der Waals surface area contributed by atoms with Crippen LogP contribution >= 0.6 is 24.0 Å². The zero-order chi connectivity index (χ0) is 23.0. The van der Waals surface area contributed by atoms with Crippen LogP contribution in [-0.4, -0.2) is 80.2 Å². The fraction of sp³-hybridized carbons (Fsp3) is 0.609. The molecule has 1 fully saturated rings. The van der Waals surface area contributed by atoms with Crippen LogP contribution in [0.4, 0.5) is 4.79 Å². The van der Waals surface area contributed by atoms with Crippen molar-refractivity contribution in [3.63, 3.8) is 0 Å². The molecule has 1 unspecified atom stereocenters. The van der Waals surface area contributed by atoms with Crippen LogP contribution in [0.1, 0.15) is 49.5 Å². The number of aliphatic imine (C=N–C) groups is 1. The van der Waals surface area contributed by atoms with E-state index in [4.69, 9.17) is 4.74 Å². The lowest BCUT2D eigenvalue weighted by Crippen LogP contribution is -2.53. The summed E-state index contributed by atoms with van der Waals surface area (Å²) in [5.41, 5.74) is 1.28. The van der Waals surface area contributed by atoms with Crippen molar-refractivity contribution in [3.8, 4) is 0 Å². The van der Waals surface area contributed by atoms with Crippen molar-refractivity contribution in [1.82, 2.24) is 20.4 Å². The van der Waals surface area contributed by atoms with E-state index < -0.39 is 5.60 Å². The monoisotopic (exact) mass is 559 g/mol. The van der Waals surface area contributed by atoms with Crippen LogP contribution in [0.3, 0.4) is 0 Å². The number of guanidine groups is 1. The molecule has 1 saturated heterocycles. The van der Waals surface area contributed by atoms with Crippen LogP contribution < -0.4 is 10.6 Å². The summed E-state index contributed by atoms with van der Waals surface area (Å²) in [6.45, 7) is 7.61. The summed E-state index contributed by atoms with van der Waals surface area (Å²) in [5.74, 6) is 0.704. The second kappa shape index (κ2) is 12.9. The molecule has 8 nitrogen and oxygen atoms in total. The van der Waals surface area contributed by atoms with E-state index in [1.54, 1.807) is 30.9 Å². The number of likely N-dealkylation sites (tertiary alicyclic amines) is 1. The first kappa shape index (κ1) is 28.0. The molecule has 0 saturated carbocycles. The van der Waals surface area contributed by atoms with E-state index in [2.05, 4.69) is 15.6 Å². The molecule has 0 spiro atoms. The molecule has 0 bridgehead atoms. The van der Waals surface area contributed by atoms with Crippen LogP contribution in [0.25, 0.3) is 0 Å². The van der Waals surface area contributed by atoms with E-state index in [0.29, 0.717) is 31.2 Å². The van der Waals surface area contributed by atoms with Gasteiger partial charge in [-0.25, -0.2) is 4.79 Å². The lowest BCUT2D eigenvalue weighted by Gasteiger charge is -2.35. The number of halogens is 1. The maximum atomic E-state index is 12.4. The van der Waals surface area contributed by atoms with E-state index in [1.807, 2.05) is 45.0 Å². The molecule has 1 aliphatic rings. The molecule has 180 valence electrons. The molecule has 2 amide bonds. The van der Waals surface area contributed by atoms with Gasteiger partial charge in [-0.15, -0.1) is 24.0 Å². The molecule has 1 heterocycles. The van der Waals surface area contributed by atoms with Crippen molar-refractivity contribution in [2.24, 2.45) is 4.99 Å². The molecule has 9 heteroatoms. The van der Waals surface area contributed by atoms with Gasteiger partial charge in [-0.3, -0.25) is 9.79 Å². The van der Waals surface area contributed by atoms with Crippen molar-refractivity contribution in [3.05, 3.63) is 35.4 Å². The number of ether oxygens (including phenoxy) is 1. The average molecular weight is 559 g/mol. The first-order valence-corrected chi connectivity index (χ1v) is 10.8. The van der Waals surface area contributed by atoms with E-state index in [1.165, 1.54) is 0 Å². The van der Waals surface area contributed by atoms with Crippen molar-refractivity contribution in [2.75, 3.05) is 40.8 Å². The Morgan fingerprint density at radius 1 is 1.28 bits per heavy atom. The molecule has 0 aliphatic carbocycles. The van der Waals surface area contributed by atoms with Gasteiger partial charge in [0.05, 0.1) is 0 Å². The number of piperidine rings is 1. The predicted octanol–water partition coefficient (Wildman–Crippen LogP) is 3.11. The summed E-state index contributed by atoms with van der Waals surface area (Å²) >= 11 is 0. The van der Waals surface area contributed by atoms with E-state index in [-0.39, 0.29) is 42.0 Å².